The van der Waals surface area contributed by atoms with Crippen molar-refractivity contribution in [1.82, 2.24) is 10.2 Å². The summed E-state index contributed by atoms with van der Waals surface area (Å²) in [4.78, 5) is 14.6. The lowest BCUT2D eigenvalue weighted by molar-refractivity contribution is 0.0947. The first kappa shape index (κ1) is 16.0. The highest BCUT2D eigenvalue weighted by Crippen LogP contribution is 2.19. The number of carbonyl (C=O) groups is 1. The Morgan fingerprint density at radius 2 is 2.24 bits per heavy atom. The Morgan fingerprint density at radius 1 is 1.38 bits per heavy atom. The van der Waals surface area contributed by atoms with Crippen LogP contribution in [0.25, 0.3) is 0 Å². The number of hydrogen-bond donors (Lipinski definition) is 1. The maximum Gasteiger partial charge on any atom is 0.251 e. The Kier molecular flexibility index (Phi) is 6.24. The summed E-state index contributed by atoms with van der Waals surface area (Å²) < 4.78 is 0. The van der Waals surface area contributed by atoms with Gasteiger partial charge in [0.15, 0.2) is 0 Å². The number of hydrogen-bond acceptors (Lipinski definition) is 2. The van der Waals surface area contributed by atoms with E-state index in [0.29, 0.717) is 0 Å². The van der Waals surface area contributed by atoms with E-state index < -0.39 is 0 Å². The molecule has 3 nitrogen and oxygen atoms in total. The van der Waals surface area contributed by atoms with Crippen molar-refractivity contribution in [3.8, 4) is 0 Å². The number of nitrogens with zero attached hydrogens (tertiary/aromatic N) is 1. The van der Waals surface area contributed by atoms with Crippen LogP contribution >= 0.6 is 0 Å². The van der Waals surface area contributed by atoms with Crippen LogP contribution in [0.1, 0.15) is 54.9 Å². The Bertz CT molecular complexity index is 458. The summed E-state index contributed by atoms with van der Waals surface area (Å²) in [5.74, 6) is 0.0457. The maximum absolute atomic E-state index is 12.0. The smallest absolute Gasteiger partial charge is 0.251 e. The molecule has 1 atom stereocenters. The third-order valence-electron chi connectivity index (χ3n) is 4.41. The molecule has 1 aliphatic rings. The van der Waals surface area contributed by atoms with Crippen molar-refractivity contribution in [2.75, 3.05) is 19.6 Å². The van der Waals surface area contributed by atoms with Crippen molar-refractivity contribution >= 4 is 5.91 Å². The van der Waals surface area contributed by atoms with Crippen LogP contribution < -0.4 is 5.32 Å². The third-order valence-corrected chi connectivity index (χ3v) is 4.41. The standard InChI is InChI=1S/C18H28N2O/c1-3-17-10-4-5-12-20(17)13-7-11-19-18(21)16-9-6-8-15(2)14-16/h6,8-9,14,17H,3-5,7,10-13H2,1-2H3,(H,19,21)/t17-/m1/s1. The van der Waals surface area contributed by atoms with Crippen molar-refractivity contribution < 1.29 is 4.79 Å². The van der Waals surface area contributed by atoms with Crippen molar-refractivity contribution in [2.45, 2.75) is 52.0 Å². The molecule has 0 bridgehead atoms. The predicted octanol–water partition coefficient (Wildman–Crippen LogP) is 3.38. The van der Waals surface area contributed by atoms with E-state index in [2.05, 4.69) is 17.1 Å². The molecule has 1 saturated heterocycles. The van der Waals surface area contributed by atoms with Gasteiger partial charge in [-0.15, -0.1) is 0 Å². The number of rotatable bonds is 6. The van der Waals surface area contributed by atoms with Gasteiger partial charge in [0, 0.05) is 24.7 Å². The van der Waals surface area contributed by atoms with Gasteiger partial charge in [-0.2, -0.15) is 0 Å². The molecule has 0 aromatic heterocycles. The van der Waals surface area contributed by atoms with E-state index in [1.54, 1.807) is 0 Å². The van der Waals surface area contributed by atoms with Crippen LogP contribution in [-0.4, -0.2) is 36.5 Å². The fourth-order valence-corrected chi connectivity index (χ4v) is 3.19. The van der Waals surface area contributed by atoms with Crippen molar-refractivity contribution in [3.63, 3.8) is 0 Å². The highest BCUT2D eigenvalue weighted by molar-refractivity contribution is 5.94. The summed E-state index contributed by atoms with van der Waals surface area (Å²) in [7, 11) is 0. The van der Waals surface area contributed by atoms with Gasteiger partial charge in [0.25, 0.3) is 5.91 Å². The van der Waals surface area contributed by atoms with Crippen molar-refractivity contribution in [2.24, 2.45) is 0 Å². The second kappa shape index (κ2) is 8.18. The normalized spacial score (nSPS) is 19.4. The van der Waals surface area contributed by atoms with E-state index in [1.165, 1.54) is 32.2 Å². The predicted molar refractivity (Wildman–Crippen MR) is 87.6 cm³/mol. The summed E-state index contributed by atoms with van der Waals surface area (Å²) in [6.07, 6.45) is 6.32. The molecule has 1 fully saturated rings. The number of likely N-dealkylation sites (tertiary alicyclic amines) is 1. The molecular weight excluding hydrogens is 260 g/mol. The van der Waals surface area contributed by atoms with E-state index in [9.17, 15) is 4.79 Å². The first-order valence-corrected chi connectivity index (χ1v) is 8.29. The van der Waals surface area contributed by atoms with Gasteiger partial charge in [0.1, 0.15) is 0 Å². The molecule has 1 aromatic carbocycles. The van der Waals surface area contributed by atoms with Gasteiger partial charge in [0.2, 0.25) is 0 Å². The lowest BCUT2D eigenvalue weighted by Gasteiger charge is -2.35. The Morgan fingerprint density at radius 3 is 3.00 bits per heavy atom. The number of carbonyl (C=O) groups excluding carboxylic acids is 1. The molecule has 1 heterocycles. The van der Waals surface area contributed by atoms with Crippen LogP contribution in [0.15, 0.2) is 24.3 Å². The topological polar surface area (TPSA) is 32.3 Å². The molecule has 21 heavy (non-hydrogen) atoms. The molecule has 2 rings (SSSR count). The van der Waals surface area contributed by atoms with E-state index >= 15 is 0 Å². The third kappa shape index (κ3) is 4.85. The lowest BCUT2D eigenvalue weighted by atomic mass is 10.00. The largest absolute Gasteiger partial charge is 0.352 e. The SMILES string of the molecule is CC[C@@H]1CCCCN1CCCNC(=O)c1cccc(C)c1. The Labute approximate surface area is 128 Å². The first-order chi connectivity index (χ1) is 10.2. The second-order valence-electron chi connectivity index (χ2n) is 6.07. The number of benzene rings is 1. The van der Waals surface area contributed by atoms with E-state index in [-0.39, 0.29) is 5.91 Å². The molecule has 1 aromatic rings. The minimum absolute atomic E-state index is 0.0457. The van der Waals surface area contributed by atoms with Gasteiger partial charge in [-0.25, -0.2) is 0 Å². The summed E-state index contributed by atoms with van der Waals surface area (Å²) in [6.45, 7) is 7.39. The summed E-state index contributed by atoms with van der Waals surface area (Å²) in [6, 6.07) is 8.51. The van der Waals surface area contributed by atoms with Gasteiger partial charge >= 0.3 is 0 Å². The van der Waals surface area contributed by atoms with Crippen LogP contribution in [0.5, 0.6) is 0 Å². The molecule has 0 aliphatic carbocycles. The Hall–Kier alpha value is -1.35. The fraction of sp³-hybridized carbons (Fsp3) is 0.611. The number of amides is 1. The molecule has 0 saturated carbocycles. The highest BCUT2D eigenvalue weighted by atomic mass is 16.1. The minimum Gasteiger partial charge on any atom is -0.352 e. The molecule has 0 spiro atoms. The highest BCUT2D eigenvalue weighted by Gasteiger charge is 2.19. The molecule has 3 heteroatoms. The van der Waals surface area contributed by atoms with Crippen LogP contribution in [0.2, 0.25) is 0 Å². The number of aryl methyl sites for hydroxylation is 1. The van der Waals surface area contributed by atoms with Gasteiger partial charge in [-0.05, 0) is 51.3 Å². The van der Waals surface area contributed by atoms with Crippen LogP contribution in [-0.2, 0) is 0 Å². The first-order valence-electron chi connectivity index (χ1n) is 8.29. The van der Waals surface area contributed by atoms with Crippen molar-refractivity contribution in [3.05, 3.63) is 35.4 Å². The van der Waals surface area contributed by atoms with Gasteiger partial charge in [-0.1, -0.05) is 31.0 Å². The fourth-order valence-electron chi connectivity index (χ4n) is 3.19. The molecule has 1 amide bonds. The van der Waals surface area contributed by atoms with Gasteiger partial charge < -0.3 is 10.2 Å². The quantitative estimate of drug-likeness (QED) is 0.814. The lowest BCUT2D eigenvalue weighted by Crippen LogP contribution is -2.40. The van der Waals surface area contributed by atoms with Crippen LogP contribution in [0, 0.1) is 6.92 Å². The molecule has 1 aliphatic heterocycles. The average molecular weight is 288 g/mol. The van der Waals surface area contributed by atoms with Crippen LogP contribution in [0.3, 0.4) is 0 Å². The van der Waals surface area contributed by atoms with Crippen molar-refractivity contribution in [1.29, 1.82) is 0 Å². The minimum atomic E-state index is 0.0457. The zero-order chi connectivity index (χ0) is 15.1. The Balaban J connectivity index is 1.70. The van der Waals surface area contributed by atoms with Crippen LogP contribution in [0.4, 0.5) is 0 Å². The number of piperidine rings is 1. The average Bonchev–Trinajstić information content (AvgIpc) is 2.51. The zero-order valence-electron chi connectivity index (χ0n) is 13.4. The molecule has 1 N–H and O–H groups in total. The summed E-state index contributed by atoms with van der Waals surface area (Å²) in [5, 5.41) is 3.03. The van der Waals surface area contributed by atoms with E-state index in [4.69, 9.17) is 0 Å². The maximum atomic E-state index is 12.0. The molecule has 0 unspecified atom stereocenters. The number of nitrogens with one attached hydrogen (secondary N) is 1. The molecule has 116 valence electrons. The zero-order valence-corrected chi connectivity index (χ0v) is 13.4. The molecular formula is C18H28N2O. The molecule has 0 radical (unpaired) electrons. The van der Waals surface area contributed by atoms with Gasteiger partial charge in [-0.3, -0.25) is 4.79 Å². The monoisotopic (exact) mass is 288 g/mol. The summed E-state index contributed by atoms with van der Waals surface area (Å²) >= 11 is 0. The van der Waals surface area contributed by atoms with E-state index in [1.807, 2.05) is 31.2 Å². The second-order valence-corrected chi connectivity index (χ2v) is 6.07. The van der Waals surface area contributed by atoms with E-state index in [0.717, 1.165) is 36.7 Å². The summed E-state index contributed by atoms with van der Waals surface area (Å²) in [5.41, 5.74) is 1.89. The van der Waals surface area contributed by atoms with Gasteiger partial charge in [0.05, 0.1) is 0 Å².